The maximum absolute atomic E-state index is 12.5. The van der Waals surface area contributed by atoms with E-state index in [1.165, 1.54) is 10.7 Å². The van der Waals surface area contributed by atoms with E-state index in [-0.39, 0.29) is 11.5 Å². The third-order valence-electron chi connectivity index (χ3n) is 4.61. The molecule has 0 bridgehead atoms. The van der Waals surface area contributed by atoms with E-state index in [0.29, 0.717) is 25.4 Å². The van der Waals surface area contributed by atoms with Gasteiger partial charge in [0.1, 0.15) is 17.6 Å². The van der Waals surface area contributed by atoms with Gasteiger partial charge >= 0.3 is 0 Å². The fourth-order valence-electron chi connectivity index (χ4n) is 2.94. The summed E-state index contributed by atoms with van der Waals surface area (Å²) in [5.41, 5.74) is 1.12. The van der Waals surface area contributed by atoms with Crippen molar-refractivity contribution in [3.8, 4) is 17.0 Å². The summed E-state index contributed by atoms with van der Waals surface area (Å²) < 4.78 is 8.60. The van der Waals surface area contributed by atoms with Crippen molar-refractivity contribution in [1.82, 2.24) is 24.6 Å². The summed E-state index contributed by atoms with van der Waals surface area (Å²) in [5.74, 6) is 1.39. The van der Waals surface area contributed by atoms with Crippen molar-refractivity contribution in [2.75, 3.05) is 13.2 Å². The molecule has 1 amide bonds. The third-order valence-corrected chi connectivity index (χ3v) is 4.61. The number of imidazole rings is 1. The molecule has 152 valence electrons. The number of hydrogen-bond acceptors (Lipinski definition) is 5. The second-order valence-electron chi connectivity index (χ2n) is 6.59. The number of nitrogens with one attached hydrogen (secondary N) is 1. The Morgan fingerprint density at radius 2 is 1.97 bits per heavy atom. The minimum atomic E-state index is -0.728. The summed E-state index contributed by atoms with van der Waals surface area (Å²) in [6.45, 7) is 7.13. The Hall–Kier alpha value is -3.42. The van der Waals surface area contributed by atoms with Gasteiger partial charge < -0.3 is 14.6 Å². The minimum Gasteiger partial charge on any atom is -0.494 e. The van der Waals surface area contributed by atoms with Crippen LogP contribution in [0.5, 0.6) is 5.75 Å². The van der Waals surface area contributed by atoms with Gasteiger partial charge in [0, 0.05) is 37.1 Å². The van der Waals surface area contributed by atoms with Gasteiger partial charge in [0.25, 0.3) is 5.56 Å². The van der Waals surface area contributed by atoms with Gasteiger partial charge in [-0.1, -0.05) is 0 Å². The Balaban J connectivity index is 1.70. The second-order valence-corrected chi connectivity index (χ2v) is 6.59. The lowest BCUT2D eigenvalue weighted by Crippen LogP contribution is -2.38. The maximum Gasteiger partial charge on any atom is 0.267 e. The van der Waals surface area contributed by atoms with Gasteiger partial charge in [0.15, 0.2) is 0 Å². The highest BCUT2D eigenvalue weighted by molar-refractivity contribution is 5.79. The van der Waals surface area contributed by atoms with Gasteiger partial charge in [0.05, 0.1) is 12.3 Å². The molecule has 0 saturated carbocycles. The van der Waals surface area contributed by atoms with Crippen molar-refractivity contribution in [2.45, 2.75) is 33.4 Å². The Bertz CT molecular complexity index is 1020. The van der Waals surface area contributed by atoms with Crippen molar-refractivity contribution in [1.29, 1.82) is 0 Å². The molecule has 3 rings (SSSR count). The van der Waals surface area contributed by atoms with Crippen molar-refractivity contribution >= 4 is 5.91 Å². The van der Waals surface area contributed by atoms with Gasteiger partial charge in [-0.05, 0) is 51.1 Å². The van der Waals surface area contributed by atoms with Crippen molar-refractivity contribution in [3.63, 3.8) is 0 Å². The predicted octanol–water partition coefficient (Wildman–Crippen LogP) is 2.19. The molecule has 29 heavy (non-hydrogen) atoms. The lowest BCUT2D eigenvalue weighted by molar-refractivity contribution is -0.124. The predicted molar refractivity (Wildman–Crippen MR) is 110 cm³/mol. The number of ether oxygens (including phenoxy) is 1. The molecule has 1 atom stereocenters. The number of rotatable bonds is 8. The van der Waals surface area contributed by atoms with Crippen LogP contribution < -0.4 is 15.6 Å². The summed E-state index contributed by atoms with van der Waals surface area (Å²) in [6.07, 6.45) is 3.58. The first-order valence-electron chi connectivity index (χ1n) is 9.58. The van der Waals surface area contributed by atoms with E-state index in [4.69, 9.17) is 4.74 Å². The standard InChI is InChI=1S/C21H25N5O3/c1-4-29-18-7-5-17(6-8-18)19-9-10-20(27)26(24-19)15(2)21(28)23-12-14-25-13-11-22-16(25)3/h5-11,13,15H,4,12,14H2,1-3H3,(H,23,28)/t15-/m0/s1. The van der Waals surface area contributed by atoms with Crippen LogP contribution in [0.3, 0.4) is 0 Å². The Morgan fingerprint density at radius 3 is 2.62 bits per heavy atom. The van der Waals surface area contributed by atoms with Crippen LogP contribution in [0.1, 0.15) is 25.7 Å². The third kappa shape index (κ3) is 4.90. The summed E-state index contributed by atoms with van der Waals surface area (Å²) in [4.78, 5) is 29.0. The Labute approximate surface area is 169 Å². The first kappa shape index (κ1) is 20.3. The van der Waals surface area contributed by atoms with E-state index in [2.05, 4.69) is 15.4 Å². The molecule has 2 heterocycles. The highest BCUT2D eigenvalue weighted by Crippen LogP contribution is 2.20. The van der Waals surface area contributed by atoms with Crippen LogP contribution in [0, 0.1) is 6.92 Å². The molecule has 2 aromatic heterocycles. The molecule has 0 unspecified atom stereocenters. The van der Waals surface area contributed by atoms with Crippen LogP contribution in [-0.4, -0.2) is 38.4 Å². The first-order chi connectivity index (χ1) is 14.0. The van der Waals surface area contributed by atoms with Crippen molar-refractivity contribution in [2.24, 2.45) is 0 Å². The topological polar surface area (TPSA) is 91.0 Å². The van der Waals surface area contributed by atoms with Crippen molar-refractivity contribution < 1.29 is 9.53 Å². The van der Waals surface area contributed by atoms with E-state index >= 15 is 0 Å². The molecule has 3 aromatic rings. The van der Waals surface area contributed by atoms with Gasteiger partial charge in [-0.3, -0.25) is 9.59 Å². The number of amides is 1. The van der Waals surface area contributed by atoms with Crippen LogP contribution in [0.15, 0.2) is 53.6 Å². The zero-order chi connectivity index (χ0) is 20.8. The number of benzene rings is 1. The summed E-state index contributed by atoms with van der Waals surface area (Å²) in [5, 5.41) is 7.25. The molecule has 8 heteroatoms. The molecular weight excluding hydrogens is 370 g/mol. The largest absolute Gasteiger partial charge is 0.494 e. The van der Waals surface area contributed by atoms with Crippen LogP contribution in [0.2, 0.25) is 0 Å². The second kappa shape index (κ2) is 9.18. The van der Waals surface area contributed by atoms with Crippen molar-refractivity contribution in [3.05, 3.63) is 65.0 Å². The first-order valence-corrected chi connectivity index (χ1v) is 9.58. The molecule has 0 spiro atoms. The maximum atomic E-state index is 12.5. The average molecular weight is 395 g/mol. The highest BCUT2D eigenvalue weighted by Gasteiger charge is 2.17. The van der Waals surface area contributed by atoms with Crippen LogP contribution in [-0.2, 0) is 11.3 Å². The number of hydrogen-bond donors (Lipinski definition) is 1. The van der Waals surface area contributed by atoms with E-state index in [1.807, 2.05) is 48.9 Å². The SMILES string of the molecule is CCOc1ccc(-c2ccc(=O)n([C@@H](C)C(=O)NCCn3ccnc3C)n2)cc1. The molecule has 1 aromatic carbocycles. The molecule has 0 saturated heterocycles. The summed E-state index contributed by atoms with van der Waals surface area (Å²) in [6, 6.07) is 9.81. The zero-order valence-corrected chi connectivity index (χ0v) is 16.8. The minimum absolute atomic E-state index is 0.263. The Kier molecular flexibility index (Phi) is 6.43. The molecule has 8 nitrogen and oxygen atoms in total. The number of nitrogens with zero attached hydrogens (tertiary/aromatic N) is 4. The van der Waals surface area contributed by atoms with E-state index in [9.17, 15) is 9.59 Å². The molecule has 0 radical (unpaired) electrons. The fraction of sp³-hybridized carbons (Fsp3) is 0.333. The molecular formula is C21H25N5O3. The number of carbonyl (C=O) groups excluding carboxylic acids is 1. The van der Waals surface area contributed by atoms with E-state index in [0.717, 1.165) is 17.1 Å². The van der Waals surface area contributed by atoms with Crippen LogP contribution in [0.25, 0.3) is 11.3 Å². The lowest BCUT2D eigenvalue weighted by atomic mass is 10.1. The van der Waals surface area contributed by atoms with Crippen LogP contribution >= 0.6 is 0 Å². The Morgan fingerprint density at radius 1 is 1.21 bits per heavy atom. The normalized spacial score (nSPS) is 11.8. The van der Waals surface area contributed by atoms with E-state index < -0.39 is 6.04 Å². The van der Waals surface area contributed by atoms with Crippen LogP contribution in [0.4, 0.5) is 0 Å². The van der Waals surface area contributed by atoms with Gasteiger partial charge in [-0.2, -0.15) is 5.10 Å². The molecule has 0 fully saturated rings. The number of aromatic nitrogens is 4. The zero-order valence-electron chi connectivity index (χ0n) is 16.8. The van der Waals surface area contributed by atoms with Gasteiger partial charge in [-0.15, -0.1) is 0 Å². The smallest absolute Gasteiger partial charge is 0.267 e. The molecule has 0 aliphatic heterocycles. The fourth-order valence-corrected chi connectivity index (χ4v) is 2.94. The summed E-state index contributed by atoms with van der Waals surface area (Å²) >= 11 is 0. The number of aryl methyl sites for hydroxylation is 1. The highest BCUT2D eigenvalue weighted by atomic mass is 16.5. The lowest BCUT2D eigenvalue weighted by Gasteiger charge is -2.15. The molecule has 0 aliphatic carbocycles. The number of carbonyl (C=O) groups is 1. The molecule has 1 N–H and O–H groups in total. The van der Waals surface area contributed by atoms with E-state index in [1.54, 1.807) is 19.2 Å². The molecule has 0 aliphatic rings. The quantitative estimate of drug-likeness (QED) is 0.631. The van der Waals surface area contributed by atoms with Gasteiger partial charge in [0.2, 0.25) is 5.91 Å². The van der Waals surface area contributed by atoms with Gasteiger partial charge in [-0.25, -0.2) is 9.67 Å². The monoisotopic (exact) mass is 395 g/mol. The summed E-state index contributed by atoms with van der Waals surface area (Å²) in [7, 11) is 0. The average Bonchev–Trinajstić information content (AvgIpc) is 3.13.